The number of ether oxygens (including phenoxy) is 1. The van der Waals surface area contributed by atoms with Crippen molar-refractivity contribution in [2.75, 3.05) is 26.2 Å². The lowest BCUT2D eigenvalue weighted by molar-refractivity contribution is 0.0637. The number of aromatic nitrogens is 1. The molecule has 1 amide bonds. The summed E-state index contributed by atoms with van der Waals surface area (Å²) in [7, 11) is 0. The van der Waals surface area contributed by atoms with Gasteiger partial charge in [-0.25, -0.2) is 4.98 Å². The average molecular weight is 374 g/mol. The molecule has 3 rings (SSSR count). The Balaban J connectivity index is 1.75. The minimum atomic E-state index is 0.0622. The molecular weight excluding hydrogens is 346 g/mol. The third-order valence-corrected chi connectivity index (χ3v) is 5.50. The van der Waals surface area contributed by atoms with Crippen LogP contribution in [0.1, 0.15) is 43.6 Å². The summed E-state index contributed by atoms with van der Waals surface area (Å²) in [4.78, 5) is 19.7. The maximum absolute atomic E-state index is 13.0. The van der Waals surface area contributed by atoms with Crippen LogP contribution < -0.4 is 10.1 Å². The van der Waals surface area contributed by atoms with Crippen molar-refractivity contribution >= 4 is 17.2 Å². The van der Waals surface area contributed by atoms with E-state index >= 15 is 0 Å². The van der Waals surface area contributed by atoms with E-state index in [4.69, 9.17) is 4.74 Å². The van der Waals surface area contributed by atoms with Crippen LogP contribution in [0.25, 0.3) is 10.6 Å². The van der Waals surface area contributed by atoms with Gasteiger partial charge in [-0.3, -0.25) is 4.79 Å². The van der Waals surface area contributed by atoms with E-state index < -0.39 is 0 Å². The number of hydrogen-bond acceptors (Lipinski definition) is 5. The fourth-order valence-electron chi connectivity index (χ4n) is 3.32. The number of hydrogen-bond donors (Lipinski definition) is 1. The van der Waals surface area contributed by atoms with Crippen molar-refractivity contribution in [1.29, 1.82) is 0 Å². The van der Waals surface area contributed by atoms with Gasteiger partial charge in [0, 0.05) is 23.5 Å². The molecule has 0 unspecified atom stereocenters. The summed E-state index contributed by atoms with van der Waals surface area (Å²) in [5.74, 6) is 0.913. The zero-order valence-corrected chi connectivity index (χ0v) is 16.3. The molecular formula is C20H27N3O2S. The zero-order valence-electron chi connectivity index (χ0n) is 15.5. The molecule has 0 saturated carbocycles. The van der Waals surface area contributed by atoms with Gasteiger partial charge in [-0.05, 0) is 63.5 Å². The number of nitrogens with zero attached hydrogens (tertiary/aromatic N) is 2. The van der Waals surface area contributed by atoms with Crippen molar-refractivity contribution < 1.29 is 9.53 Å². The molecule has 1 aliphatic rings. The molecule has 1 N–H and O–H groups in total. The molecule has 0 atom stereocenters. The standard InChI is InChI=1S/C20H27N3O2S/c1-3-13-23(16-9-11-21-12-10-16)20(24)18-14-26-19(22-18)15-5-7-17(8-6-15)25-4-2/h5-8,14,16,21H,3-4,9-13H2,1-2H3. The maximum atomic E-state index is 13.0. The largest absolute Gasteiger partial charge is 0.494 e. The summed E-state index contributed by atoms with van der Waals surface area (Å²) in [6, 6.07) is 8.20. The topological polar surface area (TPSA) is 54.5 Å². The van der Waals surface area contributed by atoms with Crippen molar-refractivity contribution in [3.63, 3.8) is 0 Å². The molecule has 0 bridgehead atoms. The van der Waals surface area contributed by atoms with E-state index in [9.17, 15) is 4.79 Å². The van der Waals surface area contributed by atoms with E-state index in [1.807, 2.05) is 41.5 Å². The van der Waals surface area contributed by atoms with Crippen LogP contribution in [-0.4, -0.2) is 48.1 Å². The molecule has 6 heteroatoms. The van der Waals surface area contributed by atoms with Crippen LogP contribution in [0.15, 0.2) is 29.6 Å². The summed E-state index contributed by atoms with van der Waals surface area (Å²) in [6.07, 6.45) is 2.99. The van der Waals surface area contributed by atoms with E-state index in [1.54, 1.807) is 0 Å². The lowest BCUT2D eigenvalue weighted by Crippen LogP contribution is -2.46. The second-order valence-electron chi connectivity index (χ2n) is 6.48. The quantitative estimate of drug-likeness (QED) is 0.802. The van der Waals surface area contributed by atoms with E-state index in [2.05, 4.69) is 17.2 Å². The molecule has 1 saturated heterocycles. The van der Waals surface area contributed by atoms with Gasteiger partial charge in [0.25, 0.3) is 5.91 Å². The molecule has 0 spiro atoms. The minimum absolute atomic E-state index is 0.0622. The Morgan fingerprint density at radius 3 is 2.65 bits per heavy atom. The normalized spacial score (nSPS) is 15.0. The van der Waals surface area contributed by atoms with Crippen molar-refractivity contribution in [3.05, 3.63) is 35.3 Å². The van der Waals surface area contributed by atoms with Gasteiger partial charge in [0.2, 0.25) is 0 Å². The molecule has 1 aromatic heterocycles. The molecule has 1 aromatic carbocycles. The van der Waals surface area contributed by atoms with Gasteiger partial charge in [-0.1, -0.05) is 6.92 Å². The average Bonchev–Trinajstić information content (AvgIpc) is 3.17. The molecule has 1 aliphatic heterocycles. The summed E-state index contributed by atoms with van der Waals surface area (Å²) >= 11 is 1.52. The minimum Gasteiger partial charge on any atom is -0.494 e. The van der Waals surface area contributed by atoms with E-state index in [0.29, 0.717) is 18.3 Å². The molecule has 26 heavy (non-hydrogen) atoms. The Bertz CT molecular complexity index is 708. The summed E-state index contributed by atoms with van der Waals surface area (Å²) in [5.41, 5.74) is 1.58. The number of nitrogens with one attached hydrogen (secondary N) is 1. The van der Waals surface area contributed by atoms with Crippen molar-refractivity contribution in [2.24, 2.45) is 0 Å². The summed E-state index contributed by atoms with van der Waals surface area (Å²) in [5, 5.41) is 6.13. The summed E-state index contributed by atoms with van der Waals surface area (Å²) < 4.78 is 5.48. The third kappa shape index (κ3) is 4.43. The maximum Gasteiger partial charge on any atom is 0.273 e. The van der Waals surface area contributed by atoms with E-state index in [1.165, 1.54) is 11.3 Å². The number of thiazole rings is 1. The number of carbonyl (C=O) groups excluding carboxylic acids is 1. The molecule has 2 heterocycles. The van der Waals surface area contributed by atoms with Crippen molar-refractivity contribution in [3.8, 4) is 16.3 Å². The predicted molar refractivity (Wildman–Crippen MR) is 106 cm³/mol. The fourth-order valence-corrected chi connectivity index (χ4v) is 4.12. The van der Waals surface area contributed by atoms with Crippen LogP contribution >= 0.6 is 11.3 Å². The van der Waals surface area contributed by atoms with Crippen molar-refractivity contribution in [2.45, 2.75) is 39.2 Å². The Kier molecular flexibility index (Phi) is 6.63. The molecule has 2 aromatic rings. The van der Waals surface area contributed by atoms with Crippen LogP contribution in [0.5, 0.6) is 5.75 Å². The highest BCUT2D eigenvalue weighted by atomic mass is 32.1. The van der Waals surface area contributed by atoms with E-state index in [0.717, 1.165) is 55.2 Å². The number of piperidine rings is 1. The van der Waals surface area contributed by atoms with Gasteiger partial charge < -0.3 is 15.0 Å². The number of amides is 1. The first-order chi connectivity index (χ1) is 12.7. The number of benzene rings is 1. The Hall–Kier alpha value is -1.92. The lowest BCUT2D eigenvalue weighted by Gasteiger charge is -2.34. The Morgan fingerprint density at radius 2 is 2.00 bits per heavy atom. The van der Waals surface area contributed by atoms with E-state index in [-0.39, 0.29) is 5.91 Å². The zero-order chi connectivity index (χ0) is 18.4. The van der Waals surface area contributed by atoms with Crippen LogP contribution in [0, 0.1) is 0 Å². The van der Waals surface area contributed by atoms with Crippen LogP contribution in [-0.2, 0) is 0 Å². The first-order valence-corrected chi connectivity index (χ1v) is 10.3. The van der Waals surface area contributed by atoms with Gasteiger partial charge in [-0.2, -0.15) is 0 Å². The summed E-state index contributed by atoms with van der Waals surface area (Å²) in [6.45, 7) is 7.49. The lowest BCUT2D eigenvalue weighted by atomic mass is 10.0. The molecule has 1 fully saturated rings. The smallest absolute Gasteiger partial charge is 0.273 e. The number of rotatable bonds is 7. The highest BCUT2D eigenvalue weighted by Gasteiger charge is 2.27. The number of carbonyl (C=O) groups is 1. The Labute approximate surface area is 159 Å². The van der Waals surface area contributed by atoms with Crippen LogP contribution in [0.4, 0.5) is 0 Å². The molecule has 140 valence electrons. The third-order valence-electron chi connectivity index (χ3n) is 4.61. The first kappa shape index (κ1) is 18.9. The highest BCUT2D eigenvalue weighted by molar-refractivity contribution is 7.13. The van der Waals surface area contributed by atoms with Crippen LogP contribution in [0.3, 0.4) is 0 Å². The monoisotopic (exact) mass is 373 g/mol. The van der Waals surface area contributed by atoms with Gasteiger partial charge in [-0.15, -0.1) is 11.3 Å². The SMILES string of the molecule is CCCN(C(=O)c1csc(-c2ccc(OCC)cc2)n1)C1CCNCC1. The Morgan fingerprint density at radius 1 is 1.27 bits per heavy atom. The predicted octanol–water partition coefficient (Wildman–Crippen LogP) is 3.81. The second kappa shape index (κ2) is 9.14. The fraction of sp³-hybridized carbons (Fsp3) is 0.500. The molecule has 5 nitrogen and oxygen atoms in total. The highest BCUT2D eigenvalue weighted by Crippen LogP contribution is 2.27. The van der Waals surface area contributed by atoms with Gasteiger partial charge >= 0.3 is 0 Å². The van der Waals surface area contributed by atoms with Crippen LogP contribution in [0.2, 0.25) is 0 Å². The van der Waals surface area contributed by atoms with Crippen molar-refractivity contribution in [1.82, 2.24) is 15.2 Å². The van der Waals surface area contributed by atoms with Gasteiger partial charge in [0.15, 0.2) is 0 Å². The van der Waals surface area contributed by atoms with Gasteiger partial charge in [0.1, 0.15) is 16.5 Å². The molecule has 0 radical (unpaired) electrons. The molecule has 0 aliphatic carbocycles. The van der Waals surface area contributed by atoms with Gasteiger partial charge in [0.05, 0.1) is 6.61 Å². The first-order valence-electron chi connectivity index (χ1n) is 9.43. The second-order valence-corrected chi connectivity index (χ2v) is 7.33.